The first-order chi connectivity index (χ1) is 10.3. The second kappa shape index (κ2) is 6.39. The number of halogens is 1. The average Bonchev–Trinajstić information content (AvgIpc) is 2.97. The van der Waals surface area contributed by atoms with E-state index in [1.165, 1.54) is 19.4 Å². The molecule has 0 radical (unpaired) electrons. The van der Waals surface area contributed by atoms with E-state index in [-0.39, 0.29) is 15.5 Å². The molecule has 0 spiro atoms. The largest absolute Gasteiger partial charge is 0.467 e. The van der Waals surface area contributed by atoms with E-state index in [1.807, 2.05) is 0 Å². The molecule has 0 unspecified atom stereocenters. The molecule has 0 saturated carbocycles. The number of benzene rings is 1. The third kappa shape index (κ3) is 3.41. The number of carbonyl (C=O) groups excluding carboxylic acids is 1. The van der Waals surface area contributed by atoms with Crippen molar-refractivity contribution in [1.29, 1.82) is 0 Å². The predicted octanol–water partition coefficient (Wildman–Crippen LogP) is 1.55. The molecule has 0 aliphatic rings. The summed E-state index contributed by atoms with van der Waals surface area (Å²) in [5.41, 5.74) is 5.65. The number of anilines is 1. The van der Waals surface area contributed by atoms with Gasteiger partial charge in [-0.15, -0.1) is 0 Å². The molecule has 22 heavy (non-hydrogen) atoms. The second-order valence-electron chi connectivity index (χ2n) is 4.33. The van der Waals surface area contributed by atoms with Crippen molar-refractivity contribution < 1.29 is 17.6 Å². The number of nitrogens with one attached hydrogen (secondary N) is 2. The number of rotatable bonds is 6. The van der Waals surface area contributed by atoms with Crippen LogP contribution in [0.3, 0.4) is 0 Å². The van der Waals surface area contributed by atoms with Crippen LogP contribution in [0.25, 0.3) is 0 Å². The Hall–Kier alpha value is -2.03. The number of hydrogen-bond donors (Lipinski definition) is 3. The fraction of sp³-hybridized carbons (Fsp3) is 0.154. The van der Waals surface area contributed by atoms with Gasteiger partial charge in [-0.2, -0.15) is 0 Å². The average molecular weight is 344 g/mol. The van der Waals surface area contributed by atoms with Gasteiger partial charge in [0.05, 0.1) is 23.4 Å². The zero-order valence-corrected chi connectivity index (χ0v) is 13.2. The summed E-state index contributed by atoms with van der Waals surface area (Å²) in [6.07, 6.45) is 1.52. The van der Waals surface area contributed by atoms with Crippen molar-refractivity contribution in [2.45, 2.75) is 11.4 Å². The van der Waals surface area contributed by atoms with Crippen molar-refractivity contribution >= 4 is 33.2 Å². The smallest absolute Gasteiger partial charge is 0.250 e. The van der Waals surface area contributed by atoms with Gasteiger partial charge >= 0.3 is 0 Å². The monoisotopic (exact) mass is 343 g/mol. The molecule has 7 nitrogen and oxygen atoms in total. The van der Waals surface area contributed by atoms with Crippen LogP contribution in [-0.2, 0) is 16.6 Å². The van der Waals surface area contributed by atoms with Gasteiger partial charge in [0.1, 0.15) is 10.7 Å². The number of nitrogens with two attached hydrogens (primary N) is 1. The Morgan fingerprint density at radius 3 is 2.68 bits per heavy atom. The first-order valence-corrected chi connectivity index (χ1v) is 8.04. The van der Waals surface area contributed by atoms with Gasteiger partial charge in [-0.25, -0.2) is 13.1 Å². The molecule has 0 saturated heterocycles. The number of furan rings is 1. The summed E-state index contributed by atoms with van der Waals surface area (Å²) in [6.45, 7) is 0.293. The third-order valence-corrected chi connectivity index (χ3v) is 4.81. The molecule has 1 amide bonds. The van der Waals surface area contributed by atoms with Crippen LogP contribution < -0.4 is 15.8 Å². The maximum Gasteiger partial charge on any atom is 0.250 e. The Morgan fingerprint density at radius 2 is 2.14 bits per heavy atom. The van der Waals surface area contributed by atoms with Crippen molar-refractivity contribution in [1.82, 2.24) is 4.72 Å². The van der Waals surface area contributed by atoms with Crippen LogP contribution in [-0.4, -0.2) is 21.4 Å². The predicted molar refractivity (Wildman–Crippen MR) is 82.3 cm³/mol. The van der Waals surface area contributed by atoms with Gasteiger partial charge in [0.2, 0.25) is 10.0 Å². The van der Waals surface area contributed by atoms with E-state index >= 15 is 0 Å². The lowest BCUT2D eigenvalue weighted by atomic mass is 10.1. The minimum Gasteiger partial charge on any atom is -0.467 e. The molecular formula is C13H14ClN3O4S. The van der Waals surface area contributed by atoms with Crippen LogP contribution in [0.1, 0.15) is 16.1 Å². The maximum absolute atomic E-state index is 11.9. The molecule has 2 aromatic rings. The molecule has 9 heteroatoms. The molecule has 0 atom stereocenters. The summed E-state index contributed by atoms with van der Waals surface area (Å²) in [6, 6.07) is 5.95. The normalized spacial score (nSPS) is 11.4. The molecular weight excluding hydrogens is 330 g/mol. The molecule has 2 rings (SSSR count). The van der Waals surface area contributed by atoms with Gasteiger partial charge in [-0.05, 0) is 31.3 Å². The van der Waals surface area contributed by atoms with E-state index in [4.69, 9.17) is 21.8 Å². The second-order valence-corrected chi connectivity index (χ2v) is 6.60. The molecule has 0 aliphatic heterocycles. The lowest BCUT2D eigenvalue weighted by Crippen LogP contribution is -2.21. The first-order valence-electron chi connectivity index (χ1n) is 6.18. The van der Waals surface area contributed by atoms with Crippen molar-refractivity contribution in [3.8, 4) is 0 Å². The highest BCUT2D eigenvalue weighted by Gasteiger charge is 2.21. The zero-order valence-electron chi connectivity index (χ0n) is 11.6. The minimum absolute atomic E-state index is 0.0183. The van der Waals surface area contributed by atoms with Crippen LogP contribution in [0.5, 0.6) is 0 Å². The standard InChI is InChI=1S/C13H14ClN3O4S/c1-16-22(19,20)12-5-9(13(15)18)11(6-10(12)14)17-7-8-3-2-4-21-8/h2-6,16-17H,7H2,1H3,(H2,15,18). The summed E-state index contributed by atoms with van der Waals surface area (Å²) in [4.78, 5) is 11.3. The van der Waals surface area contributed by atoms with E-state index in [0.717, 1.165) is 6.07 Å². The Bertz CT molecular complexity index is 788. The molecule has 4 N–H and O–H groups in total. The highest BCUT2D eigenvalue weighted by Crippen LogP contribution is 2.29. The maximum atomic E-state index is 11.9. The number of amides is 1. The Kier molecular flexibility index (Phi) is 4.74. The molecule has 1 heterocycles. The number of primary amides is 1. The van der Waals surface area contributed by atoms with Crippen LogP contribution >= 0.6 is 11.6 Å². The quantitative estimate of drug-likeness (QED) is 0.736. The number of carbonyl (C=O) groups is 1. The molecule has 0 fully saturated rings. The Labute approximate surface area is 132 Å². The fourth-order valence-corrected chi connectivity index (χ4v) is 3.09. The number of hydrogen-bond acceptors (Lipinski definition) is 5. The lowest BCUT2D eigenvalue weighted by Gasteiger charge is -2.13. The summed E-state index contributed by atoms with van der Waals surface area (Å²) >= 11 is 6.00. The number of sulfonamides is 1. The van der Waals surface area contributed by atoms with Gasteiger partial charge in [0, 0.05) is 5.69 Å². The summed E-state index contributed by atoms with van der Waals surface area (Å²) < 4.78 is 31.0. The molecule has 118 valence electrons. The van der Waals surface area contributed by atoms with Gasteiger partial charge in [-0.1, -0.05) is 11.6 Å². The first kappa shape index (κ1) is 16.3. The minimum atomic E-state index is -3.80. The fourth-order valence-electron chi connectivity index (χ4n) is 1.81. The molecule has 0 aliphatic carbocycles. The van der Waals surface area contributed by atoms with Crippen LogP contribution in [0, 0.1) is 0 Å². The van der Waals surface area contributed by atoms with Gasteiger partial charge in [-0.3, -0.25) is 4.79 Å². The van der Waals surface area contributed by atoms with E-state index in [0.29, 0.717) is 18.0 Å². The third-order valence-electron chi connectivity index (χ3n) is 2.93. The van der Waals surface area contributed by atoms with Crippen molar-refractivity contribution in [2.75, 3.05) is 12.4 Å². The van der Waals surface area contributed by atoms with Gasteiger partial charge in [0.15, 0.2) is 0 Å². The van der Waals surface area contributed by atoms with Crippen LogP contribution in [0.2, 0.25) is 5.02 Å². The van der Waals surface area contributed by atoms with Crippen LogP contribution in [0.15, 0.2) is 39.8 Å². The Morgan fingerprint density at radius 1 is 1.41 bits per heavy atom. The van der Waals surface area contributed by atoms with E-state index in [2.05, 4.69) is 10.0 Å². The Balaban J connectivity index is 2.42. The zero-order chi connectivity index (χ0) is 16.3. The lowest BCUT2D eigenvalue weighted by molar-refractivity contribution is 0.100. The van der Waals surface area contributed by atoms with E-state index in [9.17, 15) is 13.2 Å². The van der Waals surface area contributed by atoms with E-state index < -0.39 is 15.9 Å². The topological polar surface area (TPSA) is 114 Å². The highest BCUT2D eigenvalue weighted by atomic mass is 35.5. The van der Waals surface area contributed by atoms with Crippen molar-refractivity contribution in [2.24, 2.45) is 5.73 Å². The molecule has 0 bridgehead atoms. The van der Waals surface area contributed by atoms with Gasteiger partial charge in [0.25, 0.3) is 5.91 Å². The molecule has 1 aromatic heterocycles. The summed E-state index contributed by atoms with van der Waals surface area (Å²) in [7, 11) is -2.55. The van der Waals surface area contributed by atoms with Crippen molar-refractivity contribution in [3.63, 3.8) is 0 Å². The molecule has 1 aromatic carbocycles. The van der Waals surface area contributed by atoms with Crippen LogP contribution in [0.4, 0.5) is 5.69 Å². The highest BCUT2D eigenvalue weighted by molar-refractivity contribution is 7.89. The van der Waals surface area contributed by atoms with Gasteiger partial charge < -0.3 is 15.5 Å². The van der Waals surface area contributed by atoms with Crippen molar-refractivity contribution in [3.05, 3.63) is 46.9 Å². The SMILES string of the molecule is CNS(=O)(=O)c1cc(C(N)=O)c(NCc2ccco2)cc1Cl. The van der Waals surface area contributed by atoms with E-state index in [1.54, 1.807) is 12.1 Å². The summed E-state index contributed by atoms with van der Waals surface area (Å²) in [5.74, 6) is -0.135. The summed E-state index contributed by atoms with van der Waals surface area (Å²) in [5, 5.41) is 2.91.